The van der Waals surface area contributed by atoms with Crippen LogP contribution in [0.4, 0.5) is 37.7 Å². The number of ether oxygens (including phenoxy) is 1. The van der Waals surface area contributed by atoms with Crippen LogP contribution in [0.25, 0.3) is 0 Å². The van der Waals surface area contributed by atoms with E-state index in [2.05, 4.69) is 0 Å². The number of benzene rings is 2. The average Bonchev–Trinajstić information content (AvgIpc) is 2.91. The van der Waals surface area contributed by atoms with Crippen molar-refractivity contribution in [3.05, 3.63) is 47.8 Å². The third-order valence-corrected chi connectivity index (χ3v) is 7.60. The van der Waals surface area contributed by atoms with Crippen molar-refractivity contribution in [2.75, 3.05) is 23.8 Å². The molecular weight excluding hydrogens is 524 g/mol. The van der Waals surface area contributed by atoms with Gasteiger partial charge in [0.25, 0.3) is 0 Å². The summed E-state index contributed by atoms with van der Waals surface area (Å²) >= 11 is 0. The molecule has 2 aromatic rings. The lowest BCUT2D eigenvalue weighted by Gasteiger charge is -2.29. The fourth-order valence-corrected chi connectivity index (χ4v) is 5.36. The Bertz CT molecular complexity index is 1180. The summed E-state index contributed by atoms with van der Waals surface area (Å²) in [5, 5.41) is 9.30. The van der Waals surface area contributed by atoms with E-state index in [0.717, 1.165) is 31.2 Å². The van der Waals surface area contributed by atoms with Crippen molar-refractivity contribution < 1.29 is 45.2 Å². The molecule has 37 heavy (non-hydrogen) atoms. The van der Waals surface area contributed by atoms with E-state index in [1.54, 1.807) is 0 Å². The Balaban J connectivity index is 2.15. The van der Waals surface area contributed by atoms with E-state index in [-0.39, 0.29) is 35.0 Å². The number of rotatable bonds is 8. The highest BCUT2D eigenvalue weighted by Gasteiger charge is 2.39. The van der Waals surface area contributed by atoms with Crippen LogP contribution in [0.5, 0.6) is 5.75 Å². The molecule has 0 bridgehead atoms. The molecule has 12 heteroatoms. The van der Waals surface area contributed by atoms with E-state index in [1.807, 2.05) is 0 Å². The highest BCUT2D eigenvalue weighted by Crippen LogP contribution is 2.45. The predicted molar refractivity (Wildman–Crippen MR) is 126 cm³/mol. The van der Waals surface area contributed by atoms with Gasteiger partial charge in [-0.3, -0.25) is 9.00 Å². The number of carbonyl (C=O) groups is 1. The van der Waals surface area contributed by atoms with Crippen molar-refractivity contribution in [1.29, 1.82) is 0 Å². The number of halogens is 6. The molecule has 0 spiro atoms. The van der Waals surface area contributed by atoms with Crippen LogP contribution in [0.1, 0.15) is 39.2 Å². The van der Waals surface area contributed by atoms with Gasteiger partial charge in [-0.05, 0) is 63.4 Å². The molecule has 0 saturated heterocycles. The van der Waals surface area contributed by atoms with Crippen LogP contribution < -0.4 is 9.64 Å². The second kappa shape index (κ2) is 10.5. The first-order valence-electron chi connectivity index (χ1n) is 11.4. The van der Waals surface area contributed by atoms with Crippen LogP contribution in [-0.2, 0) is 21.8 Å². The first-order chi connectivity index (χ1) is 17.0. The van der Waals surface area contributed by atoms with Gasteiger partial charge in [0.05, 0.1) is 32.4 Å². The van der Waals surface area contributed by atoms with Gasteiger partial charge < -0.3 is 14.7 Å². The van der Waals surface area contributed by atoms with Gasteiger partial charge in [0.1, 0.15) is 18.2 Å². The lowest BCUT2D eigenvalue weighted by atomic mass is 9.95. The first-order valence-corrected chi connectivity index (χ1v) is 12.7. The monoisotopic (exact) mass is 551 g/mol. The molecule has 3 rings (SSSR count). The van der Waals surface area contributed by atoms with Crippen molar-refractivity contribution in [1.82, 2.24) is 0 Å². The second-order valence-corrected chi connectivity index (χ2v) is 11.3. The lowest BCUT2D eigenvalue weighted by Crippen LogP contribution is -2.31. The van der Waals surface area contributed by atoms with Crippen molar-refractivity contribution in [3.8, 4) is 5.75 Å². The van der Waals surface area contributed by atoms with E-state index >= 15 is 0 Å². The van der Waals surface area contributed by atoms with E-state index in [0.29, 0.717) is 0 Å². The first kappa shape index (κ1) is 28.8. The molecule has 1 N–H and O–H groups in total. The van der Waals surface area contributed by atoms with Gasteiger partial charge in [0.15, 0.2) is 0 Å². The minimum Gasteiger partial charge on any atom is -0.492 e. The summed E-state index contributed by atoms with van der Waals surface area (Å²) in [6.45, 7) is 2.64. The second-order valence-electron chi connectivity index (χ2n) is 9.87. The molecule has 0 amide bonds. The molecule has 5 nitrogen and oxygen atoms in total. The molecule has 0 aliphatic carbocycles. The molecule has 0 aromatic heterocycles. The van der Waals surface area contributed by atoms with Crippen molar-refractivity contribution >= 4 is 28.1 Å². The molecule has 1 heterocycles. The Morgan fingerprint density at radius 3 is 2.38 bits per heavy atom. The summed E-state index contributed by atoms with van der Waals surface area (Å²) in [5.74, 6) is -6.36. The van der Waals surface area contributed by atoms with Gasteiger partial charge in [-0.25, -0.2) is 13.2 Å². The Labute approximate surface area is 212 Å². The van der Waals surface area contributed by atoms with Gasteiger partial charge in [-0.1, -0.05) is 6.07 Å². The zero-order chi connectivity index (χ0) is 27.8. The number of carboxylic acids is 1. The van der Waals surface area contributed by atoms with Crippen LogP contribution in [-0.4, -0.2) is 40.1 Å². The third kappa shape index (κ3) is 7.18. The number of anilines is 2. The SMILES string of the molecule is CC(F)(F)CC[C@@H]1CN(c2cccc(F)c2)c2cc(C(F)(F)F)c(OCC(C)(C)C(=O)O)cc2S(=O)C1. The van der Waals surface area contributed by atoms with Crippen molar-refractivity contribution in [2.24, 2.45) is 11.3 Å². The van der Waals surface area contributed by atoms with E-state index in [4.69, 9.17) is 4.74 Å². The quantitative estimate of drug-likeness (QED) is 0.373. The Hall–Kier alpha value is -2.76. The molecule has 204 valence electrons. The number of aliphatic carboxylic acids is 1. The van der Waals surface area contributed by atoms with Gasteiger partial charge in [0, 0.05) is 24.4 Å². The summed E-state index contributed by atoms with van der Waals surface area (Å²) in [4.78, 5) is 12.7. The summed E-state index contributed by atoms with van der Waals surface area (Å²) in [6, 6.07) is 6.75. The number of alkyl halides is 5. The third-order valence-electron chi connectivity index (χ3n) is 6.01. The highest BCUT2D eigenvalue weighted by atomic mass is 32.2. The smallest absolute Gasteiger partial charge is 0.420 e. The molecule has 0 saturated carbocycles. The number of nitrogens with zero attached hydrogens (tertiary/aromatic N) is 1. The standard InChI is InChI=1S/C25H27F6NO4S/c1-23(2,22(33)34)14-36-20-11-21-19(10-18(20)25(29,30)31)32(17-6-4-5-16(26)9-17)12-15(13-37(21)35)7-8-24(3,27)28/h4-6,9-11,15H,7-8,12-14H2,1-3H3,(H,33,34)/t15-,37?/m1/s1. The Kier molecular flexibility index (Phi) is 8.21. The van der Waals surface area contributed by atoms with Crippen molar-refractivity contribution in [3.63, 3.8) is 0 Å². The van der Waals surface area contributed by atoms with Crippen LogP contribution >= 0.6 is 0 Å². The van der Waals surface area contributed by atoms with Crippen LogP contribution in [0.2, 0.25) is 0 Å². The molecule has 2 atom stereocenters. The minimum atomic E-state index is -4.93. The minimum absolute atomic E-state index is 0.0499. The maximum absolute atomic E-state index is 14.1. The summed E-state index contributed by atoms with van der Waals surface area (Å²) < 4.78 is 102. The zero-order valence-electron chi connectivity index (χ0n) is 20.4. The predicted octanol–water partition coefficient (Wildman–Crippen LogP) is 6.65. The molecule has 0 radical (unpaired) electrons. The molecular formula is C25H27F6NO4S. The summed E-state index contributed by atoms with van der Waals surface area (Å²) in [5.41, 5.74) is -2.70. The average molecular weight is 552 g/mol. The van der Waals surface area contributed by atoms with Gasteiger partial charge in [-0.15, -0.1) is 0 Å². The van der Waals surface area contributed by atoms with Gasteiger partial charge in [-0.2, -0.15) is 13.2 Å². The molecule has 2 aromatic carbocycles. The van der Waals surface area contributed by atoms with E-state index in [9.17, 15) is 40.5 Å². The molecule has 0 fully saturated rings. The lowest BCUT2D eigenvalue weighted by molar-refractivity contribution is -0.148. The Morgan fingerprint density at radius 1 is 1.14 bits per heavy atom. The molecule has 1 unspecified atom stereocenters. The van der Waals surface area contributed by atoms with E-state index < -0.39 is 70.4 Å². The summed E-state index contributed by atoms with van der Waals surface area (Å²) in [7, 11) is -1.91. The number of hydrogen-bond acceptors (Lipinski definition) is 4. The van der Waals surface area contributed by atoms with Gasteiger partial charge >= 0.3 is 12.1 Å². The highest BCUT2D eigenvalue weighted by molar-refractivity contribution is 7.85. The molecule has 1 aliphatic heterocycles. The van der Waals surface area contributed by atoms with Crippen LogP contribution in [0, 0.1) is 17.2 Å². The van der Waals surface area contributed by atoms with E-state index in [1.165, 1.54) is 30.9 Å². The number of hydrogen-bond donors (Lipinski definition) is 1. The van der Waals surface area contributed by atoms with Gasteiger partial charge in [0.2, 0.25) is 5.92 Å². The summed E-state index contributed by atoms with van der Waals surface area (Å²) in [6.07, 6.45) is -5.51. The fourth-order valence-electron chi connectivity index (χ4n) is 3.84. The topological polar surface area (TPSA) is 66.8 Å². The normalized spacial score (nSPS) is 18.8. The van der Waals surface area contributed by atoms with Crippen molar-refractivity contribution in [2.45, 2.75) is 50.6 Å². The van der Waals surface area contributed by atoms with Crippen LogP contribution in [0.15, 0.2) is 41.3 Å². The largest absolute Gasteiger partial charge is 0.492 e. The maximum atomic E-state index is 14.1. The number of fused-ring (bicyclic) bond motifs is 1. The zero-order valence-corrected chi connectivity index (χ0v) is 21.2. The Morgan fingerprint density at radius 2 is 1.81 bits per heavy atom. The van der Waals surface area contributed by atoms with Crippen LogP contribution in [0.3, 0.4) is 0 Å². The fraction of sp³-hybridized carbons (Fsp3) is 0.480. The maximum Gasteiger partial charge on any atom is 0.420 e. The molecule has 1 aliphatic rings. The number of carboxylic acid groups (broad SMARTS) is 1.